The largest absolute Gasteiger partial charge is 0.332 e. The van der Waals surface area contributed by atoms with Crippen molar-refractivity contribution >= 4 is 5.91 Å². The molecule has 1 aromatic heterocycles. The Kier molecular flexibility index (Phi) is 3.86. The summed E-state index contributed by atoms with van der Waals surface area (Å²) in [5, 5.41) is 0. The Morgan fingerprint density at radius 3 is 2.56 bits per heavy atom. The number of nitrogens with zero attached hydrogens (tertiary/aromatic N) is 3. The number of likely N-dealkylation sites (tertiary alicyclic amines) is 1. The lowest BCUT2D eigenvalue weighted by molar-refractivity contribution is -0.00360. The molecule has 27 heavy (non-hydrogen) atoms. The number of nitrogens with one attached hydrogen (secondary N) is 1. The van der Waals surface area contributed by atoms with Crippen molar-refractivity contribution < 1.29 is 9.18 Å². The van der Waals surface area contributed by atoms with Crippen LogP contribution in [0.4, 0.5) is 4.39 Å². The number of carbonyl (C=O) groups is 1. The van der Waals surface area contributed by atoms with Crippen LogP contribution in [0.5, 0.6) is 0 Å². The molecule has 1 amide bonds. The quantitative estimate of drug-likeness (QED) is 0.875. The van der Waals surface area contributed by atoms with E-state index in [-0.39, 0.29) is 41.0 Å². The lowest BCUT2D eigenvalue weighted by Gasteiger charge is -2.51. The highest BCUT2D eigenvalue weighted by molar-refractivity contribution is 5.92. The molecule has 0 spiro atoms. The second-order valence-electron chi connectivity index (χ2n) is 7.77. The number of hydrogen-bond donors (Lipinski definition) is 1. The summed E-state index contributed by atoms with van der Waals surface area (Å²) in [4.78, 5) is 35.5. The fourth-order valence-corrected chi connectivity index (χ4v) is 5.26. The zero-order chi connectivity index (χ0) is 18.5. The molecule has 5 heterocycles. The van der Waals surface area contributed by atoms with Crippen LogP contribution in [-0.4, -0.2) is 57.4 Å². The number of fused-ring (bicyclic) bond motifs is 2. The summed E-state index contributed by atoms with van der Waals surface area (Å²) in [5.74, 6) is 0.256. The van der Waals surface area contributed by atoms with Gasteiger partial charge in [0.15, 0.2) is 0 Å². The third kappa shape index (κ3) is 2.68. The second-order valence-corrected chi connectivity index (χ2v) is 7.77. The molecule has 4 saturated heterocycles. The highest BCUT2D eigenvalue weighted by atomic mass is 19.1. The molecule has 0 radical (unpaired) electrons. The average Bonchev–Trinajstić information content (AvgIpc) is 3.12. The highest BCUT2D eigenvalue weighted by Crippen LogP contribution is 2.46. The van der Waals surface area contributed by atoms with E-state index in [1.807, 2.05) is 17.0 Å². The Labute approximate surface area is 156 Å². The zero-order valence-corrected chi connectivity index (χ0v) is 14.8. The fourth-order valence-electron chi connectivity index (χ4n) is 5.26. The van der Waals surface area contributed by atoms with Gasteiger partial charge in [-0.1, -0.05) is 12.1 Å². The lowest BCUT2D eigenvalue weighted by Crippen LogP contribution is -2.60. The number of halogens is 1. The number of benzene rings is 1. The monoisotopic (exact) mass is 368 g/mol. The molecule has 4 aliphatic rings. The molecule has 3 atom stereocenters. The highest BCUT2D eigenvalue weighted by Gasteiger charge is 2.54. The molecule has 0 unspecified atom stereocenters. The molecule has 1 aromatic carbocycles. The third-order valence-corrected chi connectivity index (χ3v) is 6.44. The summed E-state index contributed by atoms with van der Waals surface area (Å²) in [6, 6.07) is 7.07. The molecule has 2 bridgehead atoms. The Bertz CT molecular complexity index is 900. The van der Waals surface area contributed by atoms with Gasteiger partial charge in [0.1, 0.15) is 11.5 Å². The van der Waals surface area contributed by atoms with Gasteiger partial charge in [0.25, 0.3) is 11.5 Å². The molecule has 6 rings (SSSR count). The number of aromatic nitrogens is 2. The van der Waals surface area contributed by atoms with Crippen molar-refractivity contribution in [1.82, 2.24) is 19.8 Å². The lowest BCUT2D eigenvalue weighted by atomic mass is 9.75. The van der Waals surface area contributed by atoms with Gasteiger partial charge in [0, 0.05) is 24.7 Å². The number of rotatable bonds is 2. The van der Waals surface area contributed by atoms with E-state index in [9.17, 15) is 14.0 Å². The van der Waals surface area contributed by atoms with Crippen LogP contribution in [0.15, 0.2) is 41.5 Å². The molecule has 7 heteroatoms. The number of carbonyl (C=O) groups excluding carboxylic acids is 1. The molecule has 4 aliphatic heterocycles. The topological polar surface area (TPSA) is 69.3 Å². The van der Waals surface area contributed by atoms with Gasteiger partial charge in [0.2, 0.25) is 0 Å². The minimum atomic E-state index is -0.321. The van der Waals surface area contributed by atoms with Gasteiger partial charge in [-0.2, -0.15) is 0 Å². The first-order valence-corrected chi connectivity index (χ1v) is 9.47. The summed E-state index contributed by atoms with van der Waals surface area (Å²) in [6.07, 6.45) is 4.74. The maximum absolute atomic E-state index is 13.4. The standard InChI is InChI=1S/C20H21FN4O2/c21-14-3-1-12(2-4-14)15-11-25(20(27)16-9-23-17(26)10-22-16)18-13-5-7-24(8-6-13)19(15)18/h1-4,9-10,13,15,18-19H,5-8,11H2,(H,23,26)/t15-,18+,19+/m1/s1. The molecule has 1 N–H and O–H groups in total. The molecule has 140 valence electrons. The van der Waals surface area contributed by atoms with Crippen molar-refractivity contribution in [2.75, 3.05) is 19.6 Å². The predicted octanol–water partition coefficient (Wildman–Crippen LogP) is 1.61. The molecule has 0 aliphatic carbocycles. The summed E-state index contributed by atoms with van der Waals surface area (Å²) in [7, 11) is 0. The first-order valence-electron chi connectivity index (χ1n) is 9.47. The van der Waals surface area contributed by atoms with E-state index in [1.165, 1.54) is 18.3 Å². The van der Waals surface area contributed by atoms with E-state index in [1.54, 1.807) is 0 Å². The van der Waals surface area contributed by atoms with Crippen LogP contribution in [0.1, 0.15) is 34.8 Å². The van der Waals surface area contributed by atoms with Crippen LogP contribution < -0.4 is 5.56 Å². The first-order chi connectivity index (χ1) is 13.1. The fraction of sp³-hybridized carbons (Fsp3) is 0.450. The maximum Gasteiger partial charge on any atom is 0.274 e. The van der Waals surface area contributed by atoms with Crippen molar-refractivity contribution in [3.8, 4) is 0 Å². The Morgan fingerprint density at radius 1 is 1.15 bits per heavy atom. The van der Waals surface area contributed by atoms with E-state index in [0.29, 0.717) is 12.5 Å². The van der Waals surface area contributed by atoms with Crippen LogP contribution in [-0.2, 0) is 0 Å². The van der Waals surface area contributed by atoms with E-state index in [2.05, 4.69) is 14.9 Å². The molecular formula is C20H21FN4O2. The van der Waals surface area contributed by atoms with Crippen molar-refractivity contribution in [2.24, 2.45) is 5.92 Å². The average molecular weight is 368 g/mol. The van der Waals surface area contributed by atoms with Crippen molar-refractivity contribution in [2.45, 2.75) is 30.8 Å². The van der Waals surface area contributed by atoms with Gasteiger partial charge in [-0.05, 0) is 49.5 Å². The van der Waals surface area contributed by atoms with Crippen LogP contribution in [0, 0.1) is 11.7 Å². The number of H-pyrrole nitrogens is 1. The number of hydrogen-bond acceptors (Lipinski definition) is 4. The molecule has 0 saturated carbocycles. The zero-order valence-electron chi connectivity index (χ0n) is 14.8. The summed E-state index contributed by atoms with van der Waals surface area (Å²) in [5.41, 5.74) is 1.02. The summed E-state index contributed by atoms with van der Waals surface area (Å²) >= 11 is 0. The van der Waals surface area contributed by atoms with E-state index < -0.39 is 0 Å². The van der Waals surface area contributed by atoms with Crippen molar-refractivity contribution in [3.05, 3.63) is 64.1 Å². The number of piperidine rings is 3. The van der Waals surface area contributed by atoms with Crippen LogP contribution in [0.3, 0.4) is 0 Å². The SMILES string of the molecule is O=C(c1c[nH]c(=O)cn1)N1C[C@H](c2ccc(F)cc2)[C@H]2[C@@H]1C1CCN2CC1. The molecule has 2 aromatic rings. The normalized spacial score (nSPS) is 31.7. The van der Waals surface area contributed by atoms with Gasteiger partial charge in [-0.25, -0.2) is 9.37 Å². The summed E-state index contributed by atoms with van der Waals surface area (Å²) in [6.45, 7) is 2.71. The van der Waals surface area contributed by atoms with Gasteiger partial charge < -0.3 is 9.88 Å². The Morgan fingerprint density at radius 2 is 1.89 bits per heavy atom. The molecule has 4 fully saturated rings. The predicted molar refractivity (Wildman–Crippen MR) is 96.9 cm³/mol. The molecular weight excluding hydrogens is 347 g/mol. The molecule has 6 nitrogen and oxygen atoms in total. The number of aromatic amines is 1. The van der Waals surface area contributed by atoms with Gasteiger partial charge in [-0.3, -0.25) is 14.5 Å². The first kappa shape index (κ1) is 16.6. The van der Waals surface area contributed by atoms with Crippen molar-refractivity contribution in [3.63, 3.8) is 0 Å². The maximum atomic E-state index is 13.4. The van der Waals surface area contributed by atoms with E-state index >= 15 is 0 Å². The second kappa shape index (κ2) is 6.27. The van der Waals surface area contributed by atoms with E-state index in [4.69, 9.17) is 0 Å². The Balaban J connectivity index is 1.52. The Hall–Kier alpha value is -2.54. The van der Waals surface area contributed by atoms with Crippen molar-refractivity contribution in [1.29, 1.82) is 0 Å². The van der Waals surface area contributed by atoms with Gasteiger partial charge >= 0.3 is 0 Å². The smallest absolute Gasteiger partial charge is 0.274 e. The van der Waals surface area contributed by atoms with E-state index in [0.717, 1.165) is 37.7 Å². The third-order valence-electron chi connectivity index (χ3n) is 6.44. The minimum Gasteiger partial charge on any atom is -0.332 e. The van der Waals surface area contributed by atoms with Gasteiger partial charge in [-0.15, -0.1) is 0 Å². The minimum absolute atomic E-state index is 0.139. The van der Waals surface area contributed by atoms with Crippen LogP contribution in [0.25, 0.3) is 0 Å². The van der Waals surface area contributed by atoms with Crippen LogP contribution >= 0.6 is 0 Å². The number of amides is 1. The van der Waals surface area contributed by atoms with Gasteiger partial charge in [0.05, 0.1) is 12.2 Å². The summed E-state index contributed by atoms with van der Waals surface area (Å²) < 4.78 is 13.4. The van der Waals surface area contributed by atoms with Crippen LogP contribution in [0.2, 0.25) is 0 Å².